The quantitative estimate of drug-likeness (QED) is 0.777. The van der Waals surface area contributed by atoms with Gasteiger partial charge in [-0.15, -0.1) is 0 Å². The molecule has 0 saturated heterocycles. The van der Waals surface area contributed by atoms with Crippen LogP contribution in [0, 0.1) is 0 Å². The molecule has 0 amide bonds. The highest BCUT2D eigenvalue weighted by atomic mass is 32.1. The van der Waals surface area contributed by atoms with Gasteiger partial charge in [0.05, 0.1) is 21.3 Å². The van der Waals surface area contributed by atoms with Crippen LogP contribution in [0.1, 0.15) is 0 Å². The summed E-state index contributed by atoms with van der Waals surface area (Å²) in [4.78, 5) is 0.277. The van der Waals surface area contributed by atoms with Crippen molar-refractivity contribution in [2.75, 3.05) is 27.9 Å². The lowest BCUT2D eigenvalue weighted by Crippen LogP contribution is -2.17. The van der Waals surface area contributed by atoms with E-state index in [2.05, 4.69) is 0 Å². The van der Waals surface area contributed by atoms with Gasteiger partial charge in [-0.2, -0.15) is 0 Å². The smallest absolute Gasteiger partial charge is 0.203 e. The summed E-state index contributed by atoms with van der Waals surface area (Å²) in [5, 5.41) is 0. The average Bonchev–Trinajstić information content (AvgIpc) is 2.34. The van der Waals surface area contributed by atoms with E-state index < -0.39 is 0 Å². The lowest BCUT2D eigenvalue weighted by molar-refractivity contribution is 0.315. The molecule has 5 nitrogen and oxygen atoms in total. The van der Waals surface area contributed by atoms with Crippen LogP contribution in [0.5, 0.6) is 23.0 Å². The second-order valence-corrected chi connectivity index (χ2v) is 3.64. The van der Waals surface area contributed by atoms with E-state index in [0.29, 0.717) is 23.0 Å². The summed E-state index contributed by atoms with van der Waals surface area (Å²) in [6.07, 6.45) is 0. The molecule has 0 unspecified atom stereocenters. The Morgan fingerprint density at radius 2 is 1.65 bits per heavy atom. The van der Waals surface area contributed by atoms with E-state index in [1.807, 2.05) is 0 Å². The van der Waals surface area contributed by atoms with E-state index in [9.17, 15) is 0 Å². The fourth-order valence-electron chi connectivity index (χ4n) is 1.29. The molecule has 17 heavy (non-hydrogen) atoms. The Labute approximate surface area is 105 Å². The zero-order chi connectivity index (χ0) is 12.8. The van der Waals surface area contributed by atoms with Crippen LogP contribution < -0.4 is 24.7 Å². The van der Waals surface area contributed by atoms with Crippen LogP contribution in [-0.2, 0) is 0 Å². The van der Waals surface area contributed by atoms with Crippen molar-refractivity contribution in [2.24, 2.45) is 5.73 Å². The molecule has 2 N–H and O–H groups in total. The first kappa shape index (κ1) is 13.4. The van der Waals surface area contributed by atoms with Crippen LogP contribution in [0.3, 0.4) is 0 Å². The maximum Gasteiger partial charge on any atom is 0.203 e. The first-order valence-corrected chi connectivity index (χ1v) is 5.24. The second kappa shape index (κ2) is 6.15. The lowest BCUT2D eigenvalue weighted by atomic mass is 10.2. The first-order chi connectivity index (χ1) is 8.12. The number of thiocarbonyl (C=S) groups is 1. The molecule has 0 aliphatic carbocycles. The average molecular weight is 257 g/mol. The molecule has 1 rings (SSSR count). The van der Waals surface area contributed by atoms with Gasteiger partial charge in [-0.1, -0.05) is 12.2 Å². The minimum Gasteiger partial charge on any atom is -0.493 e. The molecular formula is C11H15NO4S. The third-order valence-electron chi connectivity index (χ3n) is 2.02. The molecule has 1 aromatic carbocycles. The SMILES string of the molecule is COc1cc(OCC(N)=S)cc(OC)c1OC. The van der Waals surface area contributed by atoms with Crippen molar-refractivity contribution in [1.82, 2.24) is 0 Å². The maximum absolute atomic E-state index is 5.37. The molecule has 0 radical (unpaired) electrons. The topological polar surface area (TPSA) is 62.9 Å². The number of nitrogens with two attached hydrogens (primary N) is 1. The van der Waals surface area contributed by atoms with Gasteiger partial charge in [-0.05, 0) is 0 Å². The number of benzene rings is 1. The van der Waals surface area contributed by atoms with Gasteiger partial charge in [0.15, 0.2) is 11.5 Å². The van der Waals surface area contributed by atoms with Crippen molar-refractivity contribution in [2.45, 2.75) is 0 Å². The van der Waals surface area contributed by atoms with Crippen LogP contribution in [0.15, 0.2) is 12.1 Å². The van der Waals surface area contributed by atoms with Gasteiger partial charge >= 0.3 is 0 Å². The lowest BCUT2D eigenvalue weighted by Gasteiger charge is -2.14. The highest BCUT2D eigenvalue weighted by Gasteiger charge is 2.13. The Hall–Kier alpha value is -1.69. The number of methoxy groups -OCH3 is 3. The van der Waals surface area contributed by atoms with Crippen molar-refractivity contribution in [1.29, 1.82) is 0 Å². The zero-order valence-corrected chi connectivity index (χ0v) is 10.8. The summed E-state index contributed by atoms with van der Waals surface area (Å²) >= 11 is 4.73. The molecular weight excluding hydrogens is 242 g/mol. The zero-order valence-electron chi connectivity index (χ0n) is 9.98. The predicted octanol–water partition coefficient (Wildman–Crippen LogP) is 1.38. The molecule has 0 heterocycles. The predicted molar refractivity (Wildman–Crippen MR) is 68.4 cm³/mol. The van der Waals surface area contributed by atoms with Gasteiger partial charge in [0.1, 0.15) is 17.3 Å². The van der Waals surface area contributed by atoms with Gasteiger partial charge < -0.3 is 24.7 Å². The highest BCUT2D eigenvalue weighted by Crippen LogP contribution is 2.40. The Morgan fingerprint density at radius 1 is 1.12 bits per heavy atom. The Balaban J connectivity index is 3.04. The van der Waals surface area contributed by atoms with Crippen LogP contribution in [0.4, 0.5) is 0 Å². The number of hydrogen-bond acceptors (Lipinski definition) is 5. The third-order valence-corrected chi connectivity index (χ3v) is 2.14. The van der Waals surface area contributed by atoms with Crippen LogP contribution in [0.25, 0.3) is 0 Å². The van der Waals surface area contributed by atoms with Crippen molar-refractivity contribution in [3.63, 3.8) is 0 Å². The molecule has 0 atom stereocenters. The van der Waals surface area contributed by atoms with E-state index >= 15 is 0 Å². The summed E-state index contributed by atoms with van der Waals surface area (Å²) in [7, 11) is 4.61. The van der Waals surface area contributed by atoms with Crippen molar-refractivity contribution >= 4 is 17.2 Å². The molecule has 0 fully saturated rings. The van der Waals surface area contributed by atoms with Crippen molar-refractivity contribution < 1.29 is 18.9 Å². The number of hydrogen-bond donors (Lipinski definition) is 1. The minimum atomic E-state index is 0.161. The van der Waals surface area contributed by atoms with Crippen LogP contribution >= 0.6 is 12.2 Å². The molecule has 0 saturated carbocycles. The standard InChI is InChI=1S/C11H15NO4S/c1-13-8-4-7(16-6-10(12)17)5-9(14-2)11(8)15-3/h4-5H,6H2,1-3H3,(H2,12,17). The number of rotatable bonds is 6. The van der Waals surface area contributed by atoms with Gasteiger partial charge in [-0.3, -0.25) is 0 Å². The highest BCUT2D eigenvalue weighted by molar-refractivity contribution is 7.80. The summed E-state index contributed by atoms with van der Waals surface area (Å²) in [6.45, 7) is 0.161. The Morgan fingerprint density at radius 3 is 2.00 bits per heavy atom. The fraction of sp³-hybridized carbons (Fsp3) is 0.364. The first-order valence-electron chi connectivity index (χ1n) is 4.83. The van der Waals surface area contributed by atoms with Gasteiger partial charge in [0.25, 0.3) is 0 Å². The molecule has 0 aliphatic heterocycles. The molecule has 6 heteroatoms. The summed E-state index contributed by atoms with van der Waals surface area (Å²) < 4.78 is 20.9. The third kappa shape index (κ3) is 3.39. The van der Waals surface area contributed by atoms with Crippen LogP contribution in [0.2, 0.25) is 0 Å². The molecule has 0 aliphatic rings. The molecule has 1 aromatic rings. The fourth-order valence-corrected chi connectivity index (χ4v) is 1.35. The van der Waals surface area contributed by atoms with E-state index in [1.54, 1.807) is 12.1 Å². The minimum absolute atomic E-state index is 0.161. The summed E-state index contributed by atoms with van der Waals surface area (Å²) in [5.41, 5.74) is 5.36. The van der Waals surface area contributed by atoms with Crippen molar-refractivity contribution in [3.05, 3.63) is 12.1 Å². The Kier molecular flexibility index (Phi) is 4.84. The van der Waals surface area contributed by atoms with Crippen LogP contribution in [-0.4, -0.2) is 32.9 Å². The van der Waals surface area contributed by atoms with Gasteiger partial charge in [-0.25, -0.2) is 0 Å². The summed E-state index contributed by atoms with van der Waals surface area (Å²) in [5.74, 6) is 2.10. The van der Waals surface area contributed by atoms with Gasteiger partial charge in [0.2, 0.25) is 5.75 Å². The monoisotopic (exact) mass is 257 g/mol. The largest absolute Gasteiger partial charge is 0.493 e. The van der Waals surface area contributed by atoms with E-state index in [1.165, 1.54) is 21.3 Å². The maximum atomic E-state index is 5.37. The van der Waals surface area contributed by atoms with E-state index in [0.717, 1.165) is 0 Å². The molecule has 0 bridgehead atoms. The molecule has 94 valence electrons. The Bertz CT molecular complexity index is 383. The second-order valence-electron chi connectivity index (χ2n) is 3.12. The molecule has 0 spiro atoms. The summed E-state index contributed by atoms with van der Waals surface area (Å²) in [6, 6.07) is 3.36. The number of ether oxygens (including phenoxy) is 4. The van der Waals surface area contributed by atoms with Crippen molar-refractivity contribution in [3.8, 4) is 23.0 Å². The van der Waals surface area contributed by atoms with E-state index in [-0.39, 0.29) is 11.6 Å². The molecule has 0 aromatic heterocycles. The van der Waals surface area contributed by atoms with E-state index in [4.69, 9.17) is 36.9 Å². The normalized spacial score (nSPS) is 9.59. The van der Waals surface area contributed by atoms with Gasteiger partial charge in [0, 0.05) is 12.1 Å².